The lowest BCUT2D eigenvalue weighted by Crippen LogP contribution is -2.21. The Morgan fingerprint density at radius 2 is 2.07 bits per heavy atom. The molecule has 3 heterocycles. The summed E-state index contributed by atoms with van der Waals surface area (Å²) >= 11 is 7.78. The van der Waals surface area contributed by atoms with Gasteiger partial charge in [-0.15, -0.1) is 0 Å². The van der Waals surface area contributed by atoms with Crippen molar-refractivity contribution in [2.75, 3.05) is 24.6 Å². The Morgan fingerprint density at radius 1 is 1.26 bits per heavy atom. The molecule has 1 saturated heterocycles. The Hall–Kier alpha value is -1.80. The zero-order chi connectivity index (χ0) is 18.8. The number of rotatable bonds is 6. The minimum absolute atomic E-state index is 0.271. The molecule has 6 nitrogen and oxygen atoms in total. The number of β-amino-alcohol motifs (C(OH)–C–C–N with tert-alkyl or cyclic N) is 1. The molecule has 4 rings (SSSR count). The Labute approximate surface area is 167 Å². The highest BCUT2D eigenvalue weighted by molar-refractivity contribution is 7.98. The maximum atomic E-state index is 10.5. The molecular weight excluding hydrogens is 382 g/mol. The first-order valence-electron chi connectivity index (χ1n) is 8.89. The predicted molar refractivity (Wildman–Crippen MR) is 111 cm³/mol. The summed E-state index contributed by atoms with van der Waals surface area (Å²) in [7, 11) is 0. The smallest absolute Gasteiger partial charge is 0.151 e. The topological polar surface area (TPSA) is 91.1 Å². The van der Waals surface area contributed by atoms with Crippen LogP contribution < -0.4 is 5.73 Å². The molecule has 0 saturated carbocycles. The number of likely N-dealkylation sites (tertiary alicyclic amines) is 1. The van der Waals surface area contributed by atoms with Gasteiger partial charge in [0.1, 0.15) is 11.8 Å². The van der Waals surface area contributed by atoms with E-state index in [1.54, 1.807) is 0 Å². The number of thioether (sulfide) groups is 1. The number of fused-ring (bicyclic) bond motifs is 1. The average molecular weight is 404 g/mol. The van der Waals surface area contributed by atoms with Gasteiger partial charge >= 0.3 is 0 Å². The number of aromatic nitrogens is 3. The Morgan fingerprint density at radius 3 is 2.89 bits per heavy atom. The van der Waals surface area contributed by atoms with Crippen molar-refractivity contribution in [1.82, 2.24) is 19.9 Å². The van der Waals surface area contributed by atoms with E-state index in [-0.39, 0.29) is 12.0 Å². The summed E-state index contributed by atoms with van der Waals surface area (Å²) < 4.78 is 0. The summed E-state index contributed by atoms with van der Waals surface area (Å²) in [6, 6.07) is 7.94. The molecule has 1 aliphatic rings. The van der Waals surface area contributed by atoms with Crippen LogP contribution in [0.15, 0.2) is 36.8 Å². The van der Waals surface area contributed by atoms with Gasteiger partial charge in [0.25, 0.3) is 0 Å². The number of hydrogen-bond acceptors (Lipinski definition) is 6. The molecule has 0 aliphatic carbocycles. The van der Waals surface area contributed by atoms with Gasteiger partial charge in [-0.2, -0.15) is 11.8 Å². The van der Waals surface area contributed by atoms with E-state index >= 15 is 0 Å². The number of anilines is 1. The van der Waals surface area contributed by atoms with Crippen LogP contribution in [0.25, 0.3) is 11.0 Å². The quantitative estimate of drug-likeness (QED) is 0.586. The van der Waals surface area contributed by atoms with Crippen molar-refractivity contribution in [1.29, 1.82) is 0 Å². The Kier molecular flexibility index (Phi) is 5.54. The van der Waals surface area contributed by atoms with Gasteiger partial charge in [-0.05, 0) is 17.7 Å². The maximum Gasteiger partial charge on any atom is 0.151 e. The molecule has 3 aromatic rings. The lowest BCUT2D eigenvalue weighted by Gasteiger charge is -2.15. The van der Waals surface area contributed by atoms with E-state index in [1.807, 2.05) is 30.1 Å². The summed E-state index contributed by atoms with van der Waals surface area (Å²) in [6.45, 7) is 2.30. The van der Waals surface area contributed by atoms with Gasteiger partial charge in [0.05, 0.1) is 11.6 Å². The third-order valence-electron chi connectivity index (χ3n) is 4.96. The van der Waals surface area contributed by atoms with Crippen molar-refractivity contribution >= 4 is 40.2 Å². The first kappa shape index (κ1) is 18.6. The van der Waals surface area contributed by atoms with E-state index in [4.69, 9.17) is 17.3 Å². The van der Waals surface area contributed by atoms with Crippen LogP contribution in [0, 0.1) is 5.92 Å². The fraction of sp³-hybridized carbons (Fsp3) is 0.368. The number of benzene rings is 1. The van der Waals surface area contributed by atoms with Gasteiger partial charge in [-0.3, -0.25) is 4.90 Å². The molecule has 0 amide bonds. The molecule has 0 spiro atoms. The molecule has 1 unspecified atom stereocenters. The Balaban J connectivity index is 1.32. The molecule has 27 heavy (non-hydrogen) atoms. The number of nitrogen functional groups attached to an aromatic ring is 1. The SMILES string of the molecule is Nc1ncnc2c(CN3CC(O)[C@@H](CSCc4ccc(Cl)cc4)C3)c[nH]c12. The number of halogens is 1. The van der Waals surface area contributed by atoms with Gasteiger partial charge in [0.2, 0.25) is 0 Å². The number of aromatic amines is 1. The third-order valence-corrected chi connectivity index (χ3v) is 6.41. The summed E-state index contributed by atoms with van der Waals surface area (Å²) in [6.07, 6.45) is 3.13. The number of nitrogens with zero attached hydrogens (tertiary/aromatic N) is 3. The highest BCUT2D eigenvalue weighted by Crippen LogP contribution is 2.27. The summed E-state index contributed by atoms with van der Waals surface area (Å²) in [5.74, 6) is 2.60. The van der Waals surface area contributed by atoms with E-state index in [2.05, 4.69) is 32.0 Å². The standard InChI is InChI=1S/C19H22ClN5OS/c20-15-3-1-12(2-4-15)9-27-10-14-7-25(8-16(14)26)6-13-5-22-18-17(13)23-11-24-19(18)21/h1-5,11,14,16,22,26H,6-10H2,(H2,21,23,24)/t14-,16?/m1/s1. The highest BCUT2D eigenvalue weighted by Gasteiger charge is 2.31. The van der Waals surface area contributed by atoms with Crippen molar-refractivity contribution in [3.05, 3.63) is 52.9 Å². The number of nitrogens with two attached hydrogens (primary N) is 1. The largest absolute Gasteiger partial charge is 0.391 e. The molecule has 0 bridgehead atoms. The minimum atomic E-state index is -0.299. The molecule has 2 aromatic heterocycles. The fourth-order valence-electron chi connectivity index (χ4n) is 3.52. The molecule has 1 aliphatic heterocycles. The van der Waals surface area contributed by atoms with E-state index in [0.717, 1.165) is 46.2 Å². The molecule has 1 fully saturated rings. The number of nitrogens with one attached hydrogen (secondary N) is 1. The van der Waals surface area contributed by atoms with E-state index in [0.29, 0.717) is 12.4 Å². The zero-order valence-electron chi connectivity index (χ0n) is 14.8. The molecule has 4 N–H and O–H groups in total. The van der Waals surface area contributed by atoms with Gasteiger partial charge in [0, 0.05) is 53.8 Å². The second-order valence-electron chi connectivity index (χ2n) is 6.96. The van der Waals surface area contributed by atoms with Crippen LogP contribution in [0.5, 0.6) is 0 Å². The number of H-pyrrole nitrogens is 1. The van der Waals surface area contributed by atoms with E-state index < -0.39 is 0 Å². The minimum Gasteiger partial charge on any atom is -0.391 e. The molecule has 0 radical (unpaired) electrons. The van der Waals surface area contributed by atoms with Gasteiger partial charge in [0.15, 0.2) is 5.82 Å². The van der Waals surface area contributed by atoms with Crippen LogP contribution in [0.3, 0.4) is 0 Å². The summed E-state index contributed by atoms with van der Waals surface area (Å²) in [5, 5.41) is 11.2. The Bertz CT molecular complexity index is 916. The van der Waals surface area contributed by atoms with Crippen molar-refractivity contribution in [3.8, 4) is 0 Å². The number of aliphatic hydroxyl groups is 1. The molecule has 1 aromatic carbocycles. The zero-order valence-corrected chi connectivity index (χ0v) is 16.4. The second kappa shape index (κ2) is 8.06. The van der Waals surface area contributed by atoms with Crippen molar-refractivity contribution in [2.45, 2.75) is 18.4 Å². The van der Waals surface area contributed by atoms with Crippen LogP contribution in [0.1, 0.15) is 11.1 Å². The highest BCUT2D eigenvalue weighted by atomic mass is 35.5. The van der Waals surface area contributed by atoms with Gasteiger partial charge in [-0.1, -0.05) is 23.7 Å². The normalized spacial score (nSPS) is 20.5. The summed E-state index contributed by atoms with van der Waals surface area (Å²) in [4.78, 5) is 13.8. The second-order valence-corrected chi connectivity index (χ2v) is 8.43. The van der Waals surface area contributed by atoms with Gasteiger partial charge in [-0.25, -0.2) is 9.97 Å². The first-order valence-corrected chi connectivity index (χ1v) is 10.4. The van der Waals surface area contributed by atoms with Crippen molar-refractivity contribution in [2.24, 2.45) is 5.92 Å². The molecule has 142 valence electrons. The molecule has 2 atom stereocenters. The van der Waals surface area contributed by atoms with Gasteiger partial charge < -0.3 is 15.8 Å². The van der Waals surface area contributed by atoms with Crippen LogP contribution in [-0.2, 0) is 12.3 Å². The van der Waals surface area contributed by atoms with E-state index in [9.17, 15) is 5.11 Å². The predicted octanol–water partition coefficient (Wildman–Crippen LogP) is 2.92. The third kappa shape index (κ3) is 4.21. The monoisotopic (exact) mass is 403 g/mol. The van der Waals surface area contributed by atoms with Crippen molar-refractivity contribution < 1.29 is 5.11 Å². The van der Waals surface area contributed by atoms with Crippen LogP contribution in [0.4, 0.5) is 5.82 Å². The van der Waals surface area contributed by atoms with E-state index in [1.165, 1.54) is 11.9 Å². The lowest BCUT2D eigenvalue weighted by atomic mass is 10.1. The number of aliphatic hydroxyl groups excluding tert-OH is 1. The lowest BCUT2D eigenvalue weighted by molar-refractivity contribution is 0.149. The summed E-state index contributed by atoms with van der Waals surface area (Å²) in [5.41, 5.74) is 9.86. The number of hydrogen-bond donors (Lipinski definition) is 3. The van der Waals surface area contributed by atoms with Crippen LogP contribution >= 0.6 is 23.4 Å². The van der Waals surface area contributed by atoms with Crippen LogP contribution in [-0.4, -0.2) is 49.9 Å². The maximum absolute atomic E-state index is 10.5. The molecule has 8 heteroatoms. The fourth-order valence-corrected chi connectivity index (χ4v) is 4.82. The van der Waals surface area contributed by atoms with Crippen molar-refractivity contribution in [3.63, 3.8) is 0 Å². The van der Waals surface area contributed by atoms with Crippen LogP contribution in [0.2, 0.25) is 5.02 Å². The average Bonchev–Trinajstić information content (AvgIpc) is 3.22. The molecular formula is C19H22ClN5OS. The first-order chi connectivity index (χ1) is 13.1.